The van der Waals surface area contributed by atoms with Crippen LogP contribution in [0.5, 0.6) is 0 Å². The molecular formula is C10H18BrN3OS. The first-order valence-electron chi connectivity index (χ1n) is 5.38. The molecule has 1 aromatic rings. The maximum atomic E-state index is 11.2. The van der Waals surface area contributed by atoms with E-state index >= 15 is 0 Å². The van der Waals surface area contributed by atoms with Crippen LogP contribution >= 0.6 is 15.9 Å². The smallest absolute Gasteiger partial charge is 0.0632 e. The van der Waals surface area contributed by atoms with E-state index in [2.05, 4.69) is 33.3 Å². The zero-order chi connectivity index (χ0) is 12.0. The minimum atomic E-state index is -0.678. The van der Waals surface area contributed by atoms with Crippen molar-refractivity contribution in [3.05, 3.63) is 16.9 Å². The lowest BCUT2D eigenvalue weighted by Gasteiger charge is -2.13. The lowest BCUT2D eigenvalue weighted by molar-refractivity contribution is 0.462. The fourth-order valence-electron chi connectivity index (χ4n) is 1.35. The number of nitrogens with one attached hydrogen (secondary N) is 1. The molecule has 16 heavy (non-hydrogen) atoms. The lowest BCUT2D eigenvalue weighted by Crippen LogP contribution is -2.33. The van der Waals surface area contributed by atoms with Gasteiger partial charge in [-0.2, -0.15) is 5.10 Å². The summed E-state index contributed by atoms with van der Waals surface area (Å²) < 4.78 is 14.1. The van der Waals surface area contributed by atoms with Gasteiger partial charge in [0.05, 0.1) is 17.2 Å². The maximum Gasteiger partial charge on any atom is 0.0632 e. The highest BCUT2D eigenvalue weighted by molar-refractivity contribution is 9.10. The molecule has 0 aliphatic heterocycles. The topological polar surface area (TPSA) is 46.9 Å². The van der Waals surface area contributed by atoms with E-state index in [0.29, 0.717) is 6.04 Å². The van der Waals surface area contributed by atoms with Crippen molar-refractivity contribution < 1.29 is 4.21 Å². The van der Waals surface area contributed by atoms with Crippen molar-refractivity contribution in [1.82, 2.24) is 15.1 Å². The van der Waals surface area contributed by atoms with Gasteiger partial charge in [-0.25, -0.2) is 0 Å². The minimum absolute atomic E-state index is 0.334. The molecule has 0 bridgehead atoms. The fraction of sp³-hybridized carbons (Fsp3) is 0.700. The Morgan fingerprint density at radius 3 is 3.00 bits per heavy atom. The molecule has 0 aliphatic carbocycles. The number of nitrogens with zero attached hydrogens (tertiary/aromatic N) is 2. The largest absolute Gasteiger partial charge is 0.311 e. The van der Waals surface area contributed by atoms with Crippen molar-refractivity contribution in [2.45, 2.75) is 26.4 Å². The molecule has 0 saturated carbocycles. The molecule has 0 radical (unpaired) electrons. The molecule has 0 amide bonds. The summed E-state index contributed by atoms with van der Waals surface area (Å²) in [5, 5.41) is 7.52. The minimum Gasteiger partial charge on any atom is -0.311 e. The lowest BCUT2D eigenvalue weighted by atomic mass is 10.3. The Morgan fingerprint density at radius 2 is 2.44 bits per heavy atom. The number of halogens is 1. The molecule has 0 aliphatic rings. The molecule has 4 nitrogen and oxygen atoms in total. The molecule has 1 heterocycles. The zero-order valence-electron chi connectivity index (χ0n) is 9.65. The van der Waals surface area contributed by atoms with Gasteiger partial charge in [-0.3, -0.25) is 8.89 Å². The van der Waals surface area contributed by atoms with E-state index in [-0.39, 0.29) is 0 Å². The summed E-state index contributed by atoms with van der Waals surface area (Å²) in [6, 6.07) is 0.334. The summed E-state index contributed by atoms with van der Waals surface area (Å²) in [4.78, 5) is 0. The van der Waals surface area contributed by atoms with E-state index in [1.165, 1.54) is 0 Å². The average molecular weight is 308 g/mol. The van der Waals surface area contributed by atoms with Crippen molar-refractivity contribution in [3.8, 4) is 0 Å². The van der Waals surface area contributed by atoms with Gasteiger partial charge in [0.15, 0.2) is 0 Å². The van der Waals surface area contributed by atoms with Gasteiger partial charge in [-0.15, -0.1) is 0 Å². The van der Waals surface area contributed by atoms with Crippen LogP contribution in [0.1, 0.15) is 13.8 Å². The van der Waals surface area contributed by atoms with Crippen LogP contribution in [0.25, 0.3) is 0 Å². The first-order valence-corrected chi connectivity index (χ1v) is 7.66. The van der Waals surface area contributed by atoms with Crippen LogP contribution in [-0.4, -0.2) is 38.1 Å². The Bertz CT molecular complexity index is 343. The normalized spacial score (nSPS) is 14.9. The van der Waals surface area contributed by atoms with E-state index in [4.69, 9.17) is 0 Å². The van der Waals surface area contributed by atoms with Gasteiger partial charge >= 0.3 is 0 Å². The third kappa shape index (κ3) is 5.23. The van der Waals surface area contributed by atoms with E-state index < -0.39 is 10.8 Å². The van der Waals surface area contributed by atoms with Crippen molar-refractivity contribution in [2.24, 2.45) is 0 Å². The third-order valence-electron chi connectivity index (χ3n) is 2.21. The van der Waals surface area contributed by atoms with Crippen LogP contribution in [0, 0.1) is 0 Å². The Labute approximate surface area is 107 Å². The van der Waals surface area contributed by atoms with Crippen LogP contribution in [0.2, 0.25) is 0 Å². The molecule has 1 aromatic heterocycles. The van der Waals surface area contributed by atoms with Crippen molar-refractivity contribution in [3.63, 3.8) is 0 Å². The van der Waals surface area contributed by atoms with Crippen LogP contribution in [0.4, 0.5) is 0 Å². The standard InChI is InChI=1S/C10H18BrN3OS/c1-3-16(15)5-4-12-9(2)7-14-8-10(11)6-13-14/h6,8-9,12H,3-5,7H2,1-2H3. The molecule has 0 spiro atoms. The molecule has 92 valence electrons. The molecule has 2 unspecified atom stereocenters. The molecule has 2 atom stereocenters. The first-order chi connectivity index (χ1) is 7.61. The fourth-order valence-corrected chi connectivity index (χ4v) is 2.31. The Hall–Kier alpha value is -0.200. The number of rotatable bonds is 7. The van der Waals surface area contributed by atoms with Gasteiger partial charge in [-0.1, -0.05) is 6.92 Å². The van der Waals surface area contributed by atoms with E-state index in [1.54, 1.807) is 6.20 Å². The summed E-state index contributed by atoms with van der Waals surface area (Å²) in [6.45, 7) is 5.67. The van der Waals surface area contributed by atoms with Crippen LogP contribution in [0.3, 0.4) is 0 Å². The highest BCUT2D eigenvalue weighted by atomic mass is 79.9. The van der Waals surface area contributed by atoms with E-state index in [0.717, 1.165) is 29.1 Å². The van der Waals surface area contributed by atoms with Crippen molar-refractivity contribution >= 4 is 26.7 Å². The Morgan fingerprint density at radius 1 is 1.69 bits per heavy atom. The first kappa shape index (κ1) is 13.9. The van der Waals surface area contributed by atoms with Gasteiger partial charge < -0.3 is 5.32 Å². The maximum absolute atomic E-state index is 11.2. The van der Waals surface area contributed by atoms with E-state index in [9.17, 15) is 4.21 Å². The molecule has 6 heteroatoms. The molecule has 0 aromatic carbocycles. The van der Waals surface area contributed by atoms with Crippen molar-refractivity contribution in [2.75, 3.05) is 18.1 Å². The number of hydrogen-bond acceptors (Lipinski definition) is 3. The van der Waals surface area contributed by atoms with Gasteiger partial charge in [-0.05, 0) is 22.9 Å². The second kappa shape index (κ2) is 7.19. The molecular weight excluding hydrogens is 290 g/mol. The Balaban J connectivity index is 2.20. The van der Waals surface area contributed by atoms with Crippen LogP contribution in [0.15, 0.2) is 16.9 Å². The molecule has 0 fully saturated rings. The van der Waals surface area contributed by atoms with Gasteiger partial charge in [0.25, 0.3) is 0 Å². The summed E-state index contributed by atoms with van der Waals surface area (Å²) in [6.07, 6.45) is 3.72. The predicted molar refractivity (Wildman–Crippen MR) is 70.9 cm³/mol. The molecule has 1 rings (SSSR count). The monoisotopic (exact) mass is 307 g/mol. The second-order valence-corrected chi connectivity index (χ2v) is 6.45. The average Bonchev–Trinajstić information content (AvgIpc) is 2.63. The SMILES string of the molecule is CCS(=O)CCNC(C)Cn1cc(Br)cn1. The van der Waals surface area contributed by atoms with Crippen LogP contribution < -0.4 is 5.32 Å². The highest BCUT2D eigenvalue weighted by Crippen LogP contribution is 2.06. The van der Waals surface area contributed by atoms with Gasteiger partial charge in [0, 0.05) is 41.1 Å². The van der Waals surface area contributed by atoms with Crippen LogP contribution in [-0.2, 0) is 17.3 Å². The predicted octanol–water partition coefficient (Wildman–Crippen LogP) is 1.39. The number of hydrogen-bond donors (Lipinski definition) is 1. The summed E-state index contributed by atoms with van der Waals surface area (Å²) in [7, 11) is -0.678. The van der Waals surface area contributed by atoms with Gasteiger partial charge in [0.1, 0.15) is 0 Å². The van der Waals surface area contributed by atoms with Gasteiger partial charge in [0.2, 0.25) is 0 Å². The zero-order valence-corrected chi connectivity index (χ0v) is 12.1. The third-order valence-corrected chi connectivity index (χ3v) is 3.92. The molecule has 1 N–H and O–H groups in total. The van der Waals surface area contributed by atoms with Crippen molar-refractivity contribution in [1.29, 1.82) is 0 Å². The molecule has 0 saturated heterocycles. The highest BCUT2D eigenvalue weighted by Gasteiger charge is 2.04. The second-order valence-electron chi connectivity index (χ2n) is 3.67. The summed E-state index contributed by atoms with van der Waals surface area (Å²) in [5.74, 6) is 1.46. The van der Waals surface area contributed by atoms with E-state index in [1.807, 2.05) is 17.8 Å². The summed E-state index contributed by atoms with van der Waals surface area (Å²) in [5.41, 5.74) is 0. The number of aromatic nitrogens is 2. The summed E-state index contributed by atoms with van der Waals surface area (Å²) >= 11 is 3.36. The Kier molecular flexibility index (Phi) is 6.23. The quantitative estimate of drug-likeness (QED) is 0.828.